The standard InChI is InChI=1S/C20H26N2O5/c1-20(2,3)17-15-9-22(19(24)25)7-6-21(15)10-16(27-17)12-4-5-14-13(8-12)11-26-18(14)23/h4-5,8,15-17H,6-7,9-11H2,1-3H3,(H,24,25)/t15-,16-,17-/m0/s1. The predicted molar refractivity (Wildman–Crippen MR) is 97.6 cm³/mol. The second-order valence-corrected chi connectivity index (χ2v) is 8.69. The van der Waals surface area contributed by atoms with Gasteiger partial charge in [0.05, 0.1) is 23.8 Å². The Morgan fingerprint density at radius 2 is 2.00 bits per heavy atom. The van der Waals surface area contributed by atoms with E-state index in [0.717, 1.165) is 17.7 Å². The Kier molecular flexibility index (Phi) is 4.39. The summed E-state index contributed by atoms with van der Waals surface area (Å²) >= 11 is 0. The lowest BCUT2D eigenvalue weighted by atomic mass is 9.81. The van der Waals surface area contributed by atoms with Gasteiger partial charge >= 0.3 is 12.1 Å². The minimum atomic E-state index is -0.868. The van der Waals surface area contributed by atoms with Crippen molar-refractivity contribution in [2.24, 2.45) is 5.41 Å². The number of hydrogen-bond acceptors (Lipinski definition) is 5. The lowest BCUT2D eigenvalue weighted by Crippen LogP contribution is -2.65. The monoisotopic (exact) mass is 374 g/mol. The van der Waals surface area contributed by atoms with Gasteiger partial charge in [0.25, 0.3) is 0 Å². The zero-order valence-corrected chi connectivity index (χ0v) is 16.0. The summed E-state index contributed by atoms with van der Waals surface area (Å²) in [4.78, 5) is 27.0. The summed E-state index contributed by atoms with van der Waals surface area (Å²) in [6, 6.07) is 5.83. The highest BCUT2D eigenvalue weighted by Crippen LogP contribution is 2.39. The average molecular weight is 374 g/mol. The van der Waals surface area contributed by atoms with Gasteiger partial charge in [0.1, 0.15) is 6.61 Å². The molecule has 0 unspecified atom stereocenters. The predicted octanol–water partition coefficient (Wildman–Crippen LogP) is 2.51. The highest BCUT2D eigenvalue weighted by molar-refractivity contribution is 5.93. The number of morpholine rings is 1. The number of ether oxygens (including phenoxy) is 2. The zero-order chi connectivity index (χ0) is 19.3. The molecule has 27 heavy (non-hydrogen) atoms. The molecule has 0 spiro atoms. The van der Waals surface area contributed by atoms with Crippen LogP contribution in [0, 0.1) is 5.41 Å². The fourth-order valence-electron chi connectivity index (χ4n) is 4.38. The van der Waals surface area contributed by atoms with Gasteiger partial charge in [-0.15, -0.1) is 0 Å². The van der Waals surface area contributed by atoms with Crippen LogP contribution >= 0.6 is 0 Å². The van der Waals surface area contributed by atoms with Crippen molar-refractivity contribution in [1.82, 2.24) is 9.80 Å². The van der Waals surface area contributed by atoms with Gasteiger partial charge in [-0.3, -0.25) is 4.90 Å². The summed E-state index contributed by atoms with van der Waals surface area (Å²) in [6.07, 6.45) is -1.07. The van der Waals surface area contributed by atoms with E-state index in [9.17, 15) is 14.7 Å². The topological polar surface area (TPSA) is 79.3 Å². The molecule has 146 valence electrons. The third-order valence-corrected chi connectivity index (χ3v) is 5.80. The molecular weight excluding hydrogens is 348 g/mol. The van der Waals surface area contributed by atoms with Gasteiger partial charge in [0.15, 0.2) is 0 Å². The fraction of sp³-hybridized carbons (Fsp3) is 0.600. The minimum Gasteiger partial charge on any atom is -0.465 e. The molecule has 1 amide bonds. The molecule has 2 fully saturated rings. The van der Waals surface area contributed by atoms with Crippen LogP contribution in [-0.4, -0.2) is 65.3 Å². The third-order valence-electron chi connectivity index (χ3n) is 5.80. The maximum Gasteiger partial charge on any atom is 0.407 e. The quantitative estimate of drug-likeness (QED) is 0.761. The summed E-state index contributed by atoms with van der Waals surface area (Å²) in [5.74, 6) is -0.265. The van der Waals surface area contributed by atoms with Crippen LogP contribution in [0.1, 0.15) is 48.4 Å². The minimum absolute atomic E-state index is 0.0467. The van der Waals surface area contributed by atoms with E-state index >= 15 is 0 Å². The Morgan fingerprint density at radius 1 is 1.22 bits per heavy atom. The van der Waals surface area contributed by atoms with Crippen molar-refractivity contribution in [2.75, 3.05) is 26.2 Å². The molecule has 3 aliphatic heterocycles. The Morgan fingerprint density at radius 3 is 2.70 bits per heavy atom. The van der Waals surface area contributed by atoms with Gasteiger partial charge in [-0.1, -0.05) is 26.8 Å². The second kappa shape index (κ2) is 6.49. The normalized spacial score (nSPS) is 28.5. The first kappa shape index (κ1) is 18.3. The van der Waals surface area contributed by atoms with E-state index in [1.165, 1.54) is 4.90 Å². The molecule has 0 bridgehead atoms. The summed E-state index contributed by atoms with van der Waals surface area (Å²) < 4.78 is 11.6. The summed E-state index contributed by atoms with van der Waals surface area (Å²) in [5, 5.41) is 9.39. The Hall–Kier alpha value is -2.12. The van der Waals surface area contributed by atoms with Crippen molar-refractivity contribution in [3.8, 4) is 0 Å². The Bertz CT molecular complexity index is 772. The number of carboxylic acid groups (broad SMARTS) is 1. The van der Waals surface area contributed by atoms with E-state index in [1.807, 2.05) is 18.2 Å². The molecular formula is C20H26N2O5. The molecule has 0 saturated carbocycles. The highest BCUT2D eigenvalue weighted by Gasteiger charge is 2.46. The number of piperazine rings is 1. The van der Waals surface area contributed by atoms with Gasteiger partial charge in [-0.25, -0.2) is 9.59 Å². The van der Waals surface area contributed by atoms with Crippen LogP contribution in [-0.2, 0) is 16.1 Å². The SMILES string of the molecule is CC(C)(C)[C@H]1O[C@H](c2ccc3c(c2)COC3=O)CN2CCN(C(=O)O)C[C@@H]12. The molecule has 3 heterocycles. The molecule has 3 aliphatic rings. The smallest absolute Gasteiger partial charge is 0.407 e. The molecule has 0 aromatic heterocycles. The summed E-state index contributed by atoms with van der Waals surface area (Å²) in [6.45, 7) is 9.12. The fourth-order valence-corrected chi connectivity index (χ4v) is 4.38. The van der Waals surface area contributed by atoms with Crippen molar-refractivity contribution in [2.45, 2.75) is 45.6 Å². The number of amides is 1. The van der Waals surface area contributed by atoms with Gasteiger partial charge < -0.3 is 19.5 Å². The highest BCUT2D eigenvalue weighted by atomic mass is 16.5. The number of cyclic esters (lactones) is 1. The van der Waals surface area contributed by atoms with Crippen LogP contribution in [0.5, 0.6) is 0 Å². The van der Waals surface area contributed by atoms with Crippen LogP contribution in [0.3, 0.4) is 0 Å². The third kappa shape index (κ3) is 3.30. The first-order valence-corrected chi connectivity index (χ1v) is 9.41. The number of carbonyl (C=O) groups is 2. The van der Waals surface area contributed by atoms with E-state index in [4.69, 9.17) is 9.47 Å². The number of hydrogen-bond donors (Lipinski definition) is 1. The first-order valence-electron chi connectivity index (χ1n) is 9.41. The molecule has 0 aliphatic carbocycles. The maximum atomic E-state index is 11.7. The molecule has 7 nitrogen and oxygen atoms in total. The van der Waals surface area contributed by atoms with Crippen molar-refractivity contribution in [3.63, 3.8) is 0 Å². The molecule has 1 aromatic rings. The largest absolute Gasteiger partial charge is 0.465 e. The number of fused-ring (bicyclic) bond motifs is 2. The van der Waals surface area contributed by atoms with Crippen LogP contribution in [0.15, 0.2) is 18.2 Å². The summed E-state index contributed by atoms with van der Waals surface area (Å²) in [7, 11) is 0. The van der Waals surface area contributed by atoms with E-state index in [0.29, 0.717) is 31.8 Å². The van der Waals surface area contributed by atoms with Crippen molar-refractivity contribution >= 4 is 12.1 Å². The molecule has 0 radical (unpaired) electrons. The van der Waals surface area contributed by atoms with Crippen LogP contribution in [0.4, 0.5) is 4.79 Å². The van der Waals surface area contributed by atoms with Gasteiger partial charge in [0.2, 0.25) is 0 Å². The maximum absolute atomic E-state index is 11.7. The van der Waals surface area contributed by atoms with Crippen molar-refractivity contribution in [3.05, 3.63) is 34.9 Å². The number of benzene rings is 1. The number of esters is 1. The molecule has 2 saturated heterocycles. The number of nitrogens with zero attached hydrogens (tertiary/aromatic N) is 2. The van der Waals surface area contributed by atoms with Gasteiger partial charge in [-0.05, 0) is 23.1 Å². The van der Waals surface area contributed by atoms with E-state index < -0.39 is 6.09 Å². The number of carbonyl (C=O) groups excluding carboxylic acids is 1. The zero-order valence-electron chi connectivity index (χ0n) is 16.0. The van der Waals surface area contributed by atoms with Crippen molar-refractivity contribution in [1.29, 1.82) is 0 Å². The molecule has 1 aromatic carbocycles. The average Bonchev–Trinajstić information content (AvgIpc) is 3.00. The second-order valence-electron chi connectivity index (χ2n) is 8.69. The van der Waals surface area contributed by atoms with Crippen LogP contribution in [0.2, 0.25) is 0 Å². The van der Waals surface area contributed by atoms with Crippen LogP contribution in [0.25, 0.3) is 0 Å². The van der Waals surface area contributed by atoms with E-state index in [-0.39, 0.29) is 29.6 Å². The van der Waals surface area contributed by atoms with E-state index in [2.05, 4.69) is 25.7 Å². The molecule has 4 rings (SSSR count). The first-order chi connectivity index (χ1) is 12.7. The summed E-state index contributed by atoms with van der Waals surface area (Å²) in [5.41, 5.74) is 2.46. The number of rotatable bonds is 1. The molecule has 7 heteroatoms. The Labute approximate surface area is 158 Å². The molecule has 1 N–H and O–H groups in total. The van der Waals surface area contributed by atoms with Gasteiger partial charge in [0, 0.05) is 31.7 Å². The molecule has 3 atom stereocenters. The van der Waals surface area contributed by atoms with Crippen LogP contribution < -0.4 is 0 Å². The van der Waals surface area contributed by atoms with Crippen molar-refractivity contribution < 1.29 is 24.2 Å². The van der Waals surface area contributed by atoms with E-state index in [1.54, 1.807) is 0 Å². The van der Waals surface area contributed by atoms with Gasteiger partial charge in [-0.2, -0.15) is 0 Å². The lowest BCUT2D eigenvalue weighted by Gasteiger charge is -2.53. The lowest BCUT2D eigenvalue weighted by molar-refractivity contribution is -0.173. The Balaban J connectivity index is 1.61.